The second kappa shape index (κ2) is 8.48. The van der Waals surface area contributed by atoms with Crippen molar-refractivity contribution >= 4 is 12.1 Å². The van der Waals surface area contributed by atoms with Gasteiger partial charge in [-0.05, 0) is 47.5 Å². The number of ether oxygens (including phenoxy) is 1. The van der Waals surface area contributed by atoms with E-state index in [2.05, 4.69) is 10.5 Å². The molecule has 0 aromatic heterocycles. The van der Waals surface area contributed by atoms with Gasteiger partial charge in [-0.2, -0.15) is 5.10 Å². The van der Waals surface area contributed by atoms with Crippen LogP contribution in [0.4, 0.5) is 0 Å². The molecule has 3 aromatic rings. The third-order valence-electron chi connectivity index (χ3n) is 3.64. The monoisotopic (exact) mass is 346 g/mol. The Morgan fingerprint density at radius 1 is 0.962 bits per heavy atom. The lowest BCUT2D eigenvalue weighted by atomic mass is 10.2. The van der Waals surface area contributed by atoms with Crippen molar-refractivity contribution < 1.29 is 14.6 Å². The second-order valence-corrected chi connectivity index (χ2v) is 5.56. The average Bonchev–Trinajstić information content (AvgIpc) is 2.69. The molecule has 0 aliphatic heterocycles. The molecule has 0 saturated heterocycles. The molecule has 0 atom stereocenters. The number of rotatable bonds is 6. The normalized spacial score (nSPS) is 10.6. The van der Waals surface area contributed by atoms with E-state index in [0.29, 0.717) is 17.9 Å². The number of benzene rings is 3. The van der Waals surface area contributed by atoms with Crippen LogP contribution in [0.3, 0.4) is 0 Å². The van der Waals surface area contributed by atoms with E-state index >= 15 is 0 Å². The summed E-state index contributed by atoms with van der Waals surface area (Å²) in [5.41, 5.74) is 4.68. The Balaban J connectivity index is 1.64. The van der Waals surface area contributed by atoms with Gasteiger partial charge < -0.3 is 9.84 Å². The third kappa shape index (κ3) is 4.70. The van der Waals surface area contributed by atoms with Crippen molar-refractivity contribution in [3.8, 4) is 11.5 Å². The van der Waals surface area contributed by atoms with E-state index < -0.39 is 0 Å². The lowest BCUT2D eigenvalue weighted by molar-refractivity contribution is 0.0950. The predicted molar refractivity (Wildman–Crippen MR) is 100 cm³/mol. The fourth-order valence-corrected chi connectivity index (χ4v) is 2.30. The van der Waals surface area contributed by atoms with Crippen molar-refractivity contribution in [3.63, 3.8) is 0 Å². The molecule has 3 aromatic carbocycles. The standard InChI is InChI=1S/C21H18N2O3/c24-18-12-10-16(11-13-18)14-22-23-21(25)19-8-4-5-9-20(19)26-15-17-6-2-1-3-7-17/h1-14,24H,15H2,(H,23,25). The van der Waals surface area contributed by atoms with E-state index in [9.17, 15) is 9.90 Å². The molecule has 130 valence electrons. The molecule has 2 N–H and O–H groups in total. The Hall–Kier alpha value is -3.60. The van der Waals surface area contributed by atoms with Crippen LogP contribution in [-0.4, -0.2) is 17.2 Å². The molecule has 0 spiro atoms. The summed E-state index contributed by atoms with van der Waals surface area (Å²) in [6.07, 6.45) is 1.50. The molecule has 0 aliphatic rings. The maximum atomic E-state index is 12.4. The van der Waals surface area contributed by atoms with Crippen molar-refractivity contribution in [1.29, 1.82) is 0 Å². The molecule has 26 heavy (non-hydrogen) atoms. The minimum Gasteiger partial charge on any atom is -0.508 e. The van der Waals surface area contributed by atoms with Crippen LogP contribution in [0.5, 0.6) is 11.5 Å². The Bertz CT molecular complexity index is 891. The highest BCUT2D eigenvalue weighted by Crippen LogP contribution is 2.19. The highest BCUT2D eigenvalue weighted by molar-refractivity contribution is 5.97. The van der Waals surface area contributed by atoms with Gasteiger partial charge in [0.1, 0.15) is 18.1 Å². The first-order chi connectivity index (χ1) is 12.7. The Morgan fingerprint density at radius 3 is 2.42 bits per heavy atom. The van der Waals surface area contributed by atoms with E-state index in [1.165, 1.54) is 6.21 Å². The minimum absolute atomic E-state index is 0.177. The van der Waals surface area contributed by atoms with Crippen molar-refractivity contribution in [3.05, 3.63) is 95.6 Å². The number of para-hydroxylation sites is 1. The molecule has 5 nitrogen and oxygen atoms in total. The average molecular weight is 346 g/mol. The van der Waals surface area contributed by atoms with E-state index in [-0.39, 0.29) is 11.7 Å². The number of nitrogens with one attached hydrogen (secondary N) is 1. The second-order valence-electron chi connectivity index (χ2n) is 5.56. The van der Waals surface area contributed by atoms with Gasteiger partial charge in [-0.25, -0.2) is 5.43 Å². The van der Waals surface area contributed by atoms with Crippen LogP contribution in [0.2, 0.25) is 0 Å². The van der Waals surface area contributed by atoms with Gasteiger partial charge in [0.15, 0.2) is 0 Å². The van der Waals surface area contributed by atoms with Crippen molar-refractivity contribution in [2.24, 2.45) is 5.10 Å². The van der Waals surface area contributed by atoms with E-state index in [1.807, 2.05) is 36.4 Å². The quantitative estimate of drug-likeness (QED) is 0.528. The highest BCUT2D eigenvalue weighted by atomic mass is 16.5. The molecule has 0 unspecified atom stereocenters. The van der Waals surface area contributed by atoms with Crippen LogP contribution in [0.15, 0.2) is 84.0 Å². The first-order valence-electron chi connectivity index (χ1n) is 8.10. The fourth-order valence-electron chi connectivity index (χ4n) is 2.30. The zero-order valence-electron chi connectivity index (χ0n) is 14.0. The number of phenols is 1. The van der Waals surface area contributed by atoms with Crippen molar-refractivity contribution in [2.45, 2.75) is 6.61 Å². The van der Waals surface area contributed by atoms with Crippen LogP contribution in [0, 0.1) is 0 Å². The fraction of sp³-hybridized carbons (Fsp3) is 0.0476. The number of aromatic hydroxyl groups is 1. The molecule has 0 heterocycles. The molecule has 0 aliphatic carbocycles. The summed E-state index contributed by atoms with van der Waals surface area (Å²) in [6.45, 7) is 0.377. The van der Waals surface area contributed by atoms with Gasteiger partial charge >= 0.3 is 0 Å². The number of hydrogen-bond acceptors (Lipinski definition) is 4. The van der Waals surface area contributed by atoms with Gasteiger partial charge in [-0.15, -0.1) is 0 Å². The highest BCUT2D eigenvalue weighted by Gasteiger charge is 2.11. The number of carbonyl (C=O) groups is 1. The third-order valence-corrected chi connectivity index (χ3v) is 3.64. The maximum Gasteiger partial charge on any atom is 0.275 e. The summed E-state index contributed by atoms with van der Waals surface area (Å²) in [5, 5.41) is 13.2. The van der Waals surface area contributed by atoms with Gasteiger partial charge in [-0.3, -0.25) is 4.79 Å². The predicted octanol–water partition coefficient (Wildman–Crippen LogP) is 3.74. The number of phenolic OH excluding ortho intramolecular Hbond substituents is 1. The summed E-state index contributed by atoms with van der Waals surface area (Å²) in [7, 11) is 0. The van der Waals surface area contributed by atoms with Crippen LogP contribution in [-0.2, 0) is 6.61 Å². The Kier molecular flexibility index (Phi) is 5.62. The number of hydrazone groups is 1. The van der Waals surface area contributed by atoms with Crippen LogP contribution in [0.25, 0.3) is 0 Å². The number of carbonyl (C=O) groups excluding carboxylic acids is 1. The van der Waals surface area contributed by atoms with Crippen LogP contribution >= 0.6 is 0 Å². The first kappa shape index (κ1) is 17.2. The minimum atomic E-state index is -0.358. The van der Waals surface area contributed by atoms with Gasteiger partial charge in [0, 0.05) is 0 Å². The lowest BCUT2D eigenvalue weighted by Crippen LogP contribution is -2.18. The zero-order chi connectivity index (χ0) is 18.2. The van der Waals surface area contributed by atoms with Crippen molar-refractivity contribution in [1.82, 2.24) is 5.43 Å². The SMILES string of the molecule is O=C(NN=Cc1ccc(O)cc1)c1ccccc1OCc1ccccc1. The smallest absolute Gasteiger partial charge is 0.275 e. The summed E-state index contributed by atoms with van der Waals surface area (Å²) in [6, 6.07) is 23.3. The largest absolute Gasteiger partial charge is 0.508 e. The molecular weight excluding hydrogens is 328 g/mol. The molecule has 0 saturated carbocycles. The Morgan fingerprint density at radius 2 is 1.65 bits per heavy atom. The van der Waals surface area contributed by atoms with Gasteiger partial charge in [0.05, 0.1) is 11.8 Å². The van der Waals surface area contributed by atoms with Gasteiger partial charge in [0.25, 0.3) is 5.91 Å². The molecule has 0 bridgehead atoms. The van der Waals surface area contributed by atoms with E-state index in [1.54, 1.807) is 42.5 Å². The molecule has 0 radical (unpaired) electrons. The summed E-state index contributed by atoms with van der Waals surface area (Å²) in [4.78, 5) is 12.4. The summed E-state index contributed by atoms with van der Waals surface area (Å²) in [5.74, 6) is 0.313. The number of amides is 1. The molecule has 0 fully saturated rings. The maximum absolute atomic E-state index is 12.4. The van der Waals surface area contributed by atoms with Crippen LogP contribution in [0.1, 0.15) is 21.5 Å². The van der Waals surface area contributed by atoms with Crippen molar-refractivity contribution in [2.75, 3.05) is 0 Å². The molecular formula is C21H18N2O3. The van der Waals surface area contributed by atoms with Crippen LogP contribution < -0.4 is 10.2 Å². The summed E-state index contributed by atoms with van der Waals surface area (Å²) < 4.78 is 5.78. The van der Waals surface area contributed by atoms with Gasteiger partial charge in [0.2, 0.25) is 0 Å². The first-order valence-corrected chi connectivity index (χ1v) is 8.10. The van der Waals surface area contributed by atoms with E-state index in [4.69, 9.17) is 4.74 Å². The Labute approximate surface area is 151 Å². The van der Waals surface area contributed by atoms with E-state index in [0.717, 1.165) is 11.1 Å². The lowest BCUT2D eigenvalue weighted by Gasteiger charge is -2.10. The summed E-state index contributed by atoms with van der Waals surface area (Å²) >= 11 is 0. The number of hydrogen-bond donors (Lipinski definition) is 2. The molecule has 5 heteroatoms. The van der Waals surface area contributed by atoms with Gasteiger partial charge in [-0.1, -0.05) is 42.5 Å². The molecule has 3 rings (SSSR count). The molecule has 1 amide bonds. The topological polar surface area (TPSA) is 70.9 Å². The number of nitrogens with zero attached hydrogens (tertiary/aromatic N) is 1. The zero-order valence-corrected chi connectivity index (χ0v) is 14.0.